The van der Waals surface area contributed by atoms with Crippen molar-refractivity contribution in [3.05, 3.63) is 71.0 Å². The second-order valence-corrected chi connectivity index (χ2v) is 5.47. The van der Waals surface area contributed by atoms with Crippen molar-refractivity contribution in [2.45, 2.75) is 26.3 Å². The normalized spacial score (nSPS) is 11.6. The van der Waals surface area contributed by atoms with E-state index in [9.17, 15) is 14.0 Å². The Kier molecular flexibility index (Phi) is 6.07. The van der Waals surface area contributed by atoms with Crippen molar-refractivity contribution in [1.29, 1.82) is 0 Å². The molecule has 126 valence electrons. The van der Waals surface area contributed by atoms with Gasteiger partial charge in [0.25, 0.3) is 5.91 Å². The SMILES string of the molecule is CCc1ccc([C@H](C)NC(=O)COC(=O)c2cccc(F)c2)cc1. The van der Waals surface area contributed by atoms with Gasteiger partial charge in [-0.15, -0.1) is 0 Å². The van der Waals surface area contributed by atoms with Crippen molar-refractivity contribution in [3.8, 4) is 0 Å². The van der Waals surface area contributed by atoms with E-state index in [0.29, 0.717) is 0 Å². The second-order valence-electron chi connectivity index (χ2n) is 5.47. The van der Waals surface area contributed by atoms with Gasteiger partial charge in [0.2, 0.25) is 0 Å². The molecule has 0 saturated heterocycles. The molecule has 2 aromatic carbocycles. The van der Waals surface area contributed by atoms with Gasteiger partial charge in [-0.25, -0.2) is 9.18 Å². The van der Waals surface area contributed by atoms with Crippen LogP contribution in [-0.4, -0.2) is 18.5 Å². The first kappa shape index (κ1) is 17.7. The Hall–Kier alpha value is -2.69. The zero-order valence-corrected chi connectivity index (χ0v) is 13.7. The molecule has 0 heterocycles. The largest absolute Gasteiger partial charge is 0.452 e. The highest BCUT2D eigenvalue weighted by molar-refractivity contribution is 5.91. The lowest BCUT2D eigenvalue weighted by Crippen LogP contribution is -2.31. The van der Waals surface area contributed by atoms with E-state index in [1.807, 2.05) is 31.2 Å². The highest BCUT2D eigenvalue weighted by Gasteiger charge is 2.13. The van der Waals surface area contributed by atoms with Crippen LogP contribution in [0.5, 0.6) is 0 Å². The van der Waals surface area contributed by atoms with Crippen LogP contribution in [-0.2, 0) is 16.0 Å². The zero-order chi connectivity index (χ0) is 17.5. The molecule has 1 atom stereocenters. The summed E-state index contributed by atoms with van der Waals surface area (Å²) in [5, 5.41) is 2.76. The molecule has 2 rings (SSSR count). The van der Waals surface area contributed by atoms with Crippen LogP contribution in [0.15, 0.2) is 48.5 Å². The smallest absolute Gasteiger partial charge is 0.338 e. The van der Waals surface area contributed by atoms with Crippen LogP contribution in [0.1, 0.15) is 41.4 Å². The van der Waals surface area contributed by atoms with E-state index in [2.05, 4.69) is 12.2 Å². The minimum absolute atomic E-state index is 0.0750. The summed E-state index contributed by atoms with van der Waals surface area (Å²) < 4.78 is 18.0. The van der Waals surface area contributed by atoms with E-state index in [0.717, 1.165) is 18.1 Å². The van der Waals surface area contributed by atoms with E-state index in [4.69, 9.17) is 4.74 Å². The topological polar surface area (TPSA) is 55.4 Å². The summed E-state index contributed by atoms with van der Waals surface area (Å²) in [5.41, 5.74) is 2.27. The first-order valence-electron chi connectivity index (χ1n) is 7.80. The number of benzene rings is 2. The highest BCUT2D eigenvalue weighted by atomic mass is 19.1. The molecule has 0 fully saturated rings. The Morgan fingerprint density at radius 1 is 1.17 bits per heavy atom. The van der Waals surface area contributed by atoms with Crippen molar-refractivity contribution < 1.29 is 18.7 Å². The van der Waals surface area contributed by atoms with Gasteiger partial charge in [0.15, 0.2) is 6.61 Å². The molecule has 0 radical (unpaired) electrons. The molecule has 5 heteroatoms. The fourth-order valence-corrected chi connectivity index (χ4v) is 2.24. The Balaban J connectivity index is 1.85. The lowest BCUT2D eigenvalue weighted by atomic mass is 10.1. The van der Waals surface area contributed by atoms with E-state index in [1.165, 1.54) is 23.8 Å². The summed E-state index contributed by atoms with van der Waals surface area (Å²) in [6, 6.07) is 12.9. The molecule has 1 amide bonds. The zero-order valence-electron chi connectivity index (χ0n) is 13.7. The molecule has 1 N–H and O–H groups in total. The van der Waals surface area contributed by atoms with Gasteiger partial charge in [0, 0.05) is 0 Å². The van der Waals surface area contributed by atoms with E-state index in [1.54, 1.807) is 0 Å². The average Bonchev–Trinajstić information content (AvgIpc) is 2.59. The number of hydrogen-bond donors (Lipinski definition) is 1. The minimum Gasteiger partial charge on any atom is -0.452 e. The summed E-state index contributed by atoms with van der Waals surface area (Å²) >= 11 is 0. The Morgan fingerprint density at radius 2 is 1.88 bits per heavy atom. The third kappa shape index (κ3) is 4.91. The van der Waals surface area contributed by atoms with Crippen LogP contribution in [0.2, 0.25) is 0 Å². The summed E-state index contributed by atoms with van der Waals surface area (Å²) in [4.78, 5) is 23.6. The number of hydrogen-bond acceptors (Lipinski definition) is 3. The monoisotopic (exact) mass is 329 g/mol. The molecular weight excluding hydrogens is 309 g/mol. The van der Waals surface area contributed by atoms with Gasteiger partial charge >= 0.3 is 5.97 Å². The average molecular weight is 329 g/mol. The number of aryl methyl sites for hydroxylation is 1. The summed E-state index contributed by atoms with van der Waals surface area (Å²) in [6.45, 7) is 3.52. The van der Waals surface area contributed by atoms with Gasteiger partial charge in [-0.05, 0) is 42.7 Å². The predicted molar refractivity (Wildman–Crippen MR) is 89.1 cm³/mol. The molecule has 24 heavy (non-hydrogen) atoms. The van der Waals surface area contributed by atoms with E-state index in [-0.39, 0.29) is 11.6 Å². The van der Waals surface area contributed by atoms with Gasteiger partial charge in [0.05, 0.1) is 11.6 Å². The number of amides is 1. The Morgan fingerprint density at radius 3 is 2.50 bits per heavy atom. The van der Waals surface area contributed by atoms with Crippen molar-refractivity contribution in [1.82, 2.24) is 5.32 Å². The molecule has 0 aliphatic rings. The van der Waals surface area contributed by atoms with Gasteiger partial charge in [0.1, 0.15) is 5.82 Å². The van der Waals surface area contributed by atoms with Crippen LogP contribution in [0.4, 0.5) is 4.39 Å². The summed E-state index contributed by atoms with van der Waals surface area (Å²) in [6.07, 6.45) is 0.955. The number of ether oxygens (including phenoxy) is 1. The number of esters is 1. The molecule has 0 saturated carbocycles. The fraction of sp³-hybridized carbons (Fsp3) is 0.263. The number of carbonyl (C=O) groups is 2. The molecule has 0 aliphatic carbocycles. The first-order valence-corrected chi connectivity index (χ1v) is 7.80. The molecule has 4 nitrogen and oxygen atoms in total. The molecule has 0 unspecified atom stereocenters. The Labute approximate surface area is 140 Å². The van der Waals surface area contributed by atoms with Crippen LogP contribution in [0.3, 0.4) is 0 Å². The van der Waals surface area contributed by atoms with Crippen molar-refractivity contribution in [3.63, 3.8) is 0 Å². The predicted octanol–water partition coefficient (Wildman–Crippen LogP) is 3.42. The standard InChI is InChI=1S/C19H20FNO3/c1-3-14-7-9-15(10-8-14)13(2)21-18(22)12-24-19(23)16-5-4-6-17(20)11-16/h4-11,13H,3,12H2,1-2H3,(H,21,22)/t13-/m0/s1. The van der Waals surface area contributed by atoms with Gasteiger partial charge < -0.3 is 10.1 Å². The lowest BCUT2D eigenvalue weighted by molar-refractivity contribution is -0.124. The van der Waals surface area contributed by atoms with Crippen LogP contribution < -0.4 is 5.32 Å². The van der Waals surface area contributed by atoms with Gasteiger partial charge in [-0.1, -0.05) is 37.3 Å². The second kappa shape index (κ2) is 8.24. The van der Waals surface area contributed by atoms with Crippen molar-refractivity contribution in [2.75, 3.05) is 6.61 Å². The first-order chi connectivity index (χ1) is 11.5. The number of halogens is 1. The lowest BCUT2D eigenvalue weighted by Gasteiger charge is -2.15. The minimum atomic E-state index is -0.732. The molecule has 0 aromatic heterocycles. The Bertz CT molecular complexity index is 713. The van der Waals surface area contributed by atoms with Crippen molar-refractivity contribution >= 4 is 11.9 Å². The van der Waals surface area contributed by atoms with Crippen LogP contribution >= 0.6 is 0 Å². The van der Waals surface area contributed by atoms with Gasteiger partial charge in [-0.2, -0.15) is 0 Å². The maximum Gasteiger partial charge on any atom is 0.338 e. The maximum atomic E-state index is 13.1. The third-order valence-electron chi connectivity index (χ3n) is 3.66. The highest BCUT2D eigenvalue weighted by Crippen LogP contribution is 2.13. The molecular formula is C19H20FNO3. The number of carbonyl (C=O) groups excluding carboxylic acids is 2. The van der Waals surface area contributed by atoms with E-state index >= 15 is 0 Å². The number of nitrogens with one attached hydrogen (secondary N) is 1. The molecule has 2 aromatic rings. The van der Waals surface area contributed by atoms with Crippen LogP contribution in [0.25, 0.3) is 0 Å². The quantitative estimate of drug-likeness (QED) is 0.826. The number of rotatable bonds is 6. The molecule has 0 spiro atoms. The molecule has 0 aliphatic heterocycles. The summed E-state index contributed by atoms with van der Waals surface area (Å²) in [7, 11) is 0. The van der Waals surface area contributed by atoms with E-state index < -0.39 is 24.3 Å². The third-order valence-corrected chi connectivity index (χ3v) is 3.66. The summed E-state index contributed by atoms with van der Waals surface area (Å²) in [5.74, 6) is -1.67. The fourth-order valence-electron chi connectivity index (χ4n) is 2.24. The van der Waals surface area contributed by atoms with Crippen molar-refractivity contribution in [2.24, 2.45) is 0 Å². The maximum absolute atomic E-state index is 13.1. The molecule has 0 bridgehead atoms. The van der Waals surface area contributed by atoms with Gasteiger partial charge in [-0.3, -0.25) is 4.79 Å². The van der Waals surface area contributed by atoms with Crippen LogP contribution in [0, 0.1) is 5.82 Å².